The molecule has 34 heavy (non-hydrogen) atoms. The van der Waals surface area contributed by atoms with Gasteiger partial charge in [-0.1, -0.05) is 43.0 Å². The van der Waals surface area contributed by atoms with Gasteiger partial charge >= 0.3 is 0 Å². The fourth-order valence-corrected chi connectivity index (χ4v) is 6.06. The van der Waals surface area contributed by atoms with Crippen LogP contribution in [0.1, 0.15) is 63.4 Å². The lowest BCUT2D eigenvalue weighted by atomic mass is 9.69. The van der Waals surface area contributed by atoms with E-state index in [1.54, 1.807) is 0 Å². The molecule has 3 fully saturated rings. The smallest absolute Gasteiger partial charge is 0.232 e. The Bertz CT molecular complexity index is 962. The van der Waals surface area contributed by atoms with Gasteiger partial charge in [0.1, 0.15) is 11.6 Å². The Morgan fingerprint density at radius 1 is 0.882 bits per heavy atom. The quantitative estimate of drug-likeness (QED) is 0.508. The monoisotopic (exact) mass is 498 g/mol. The highest BCUT2D eigenvalue weighted by atomic mass is 35.5. The van der Waals surface area contributed by atoms with Crippen LogP contribution >= 0.6 is 23.8 Å². The zero-order valence-electron chi connectivity index (χ0n) is 19.9. The lowest BCUT2D eigenvalue weighted by Crippen LogP contribution is -2.43. The molecule has 8 heteroatoms. The van der Waals surface area contributed by atoms with E-state index < -0.39 is 0 Å². The number of nitrogens with zero attached hydrogens (tertiary/aromatic N) is 4. The number of aromatic nitrogens is 2. The van der Waals surface area contributed by atoms with Crippen LogP contribution in [-0.2, 0) is 5.41 Å². The van der Waals surface area contributed by atoms with E-state index in [0.717, 1.165) is 62.2 Å². The van der Waals surface area contributed by atoms with Crippen LogP contribution in [-0.4, -0.2) is 47.8 Å². The molecule has 2 aliphatic heterocycles. The second kappa shape index (κ2) is 10.6. The molecule has 0 bridgehead atoms. The molecular formula is C26H35ClN6S. The number of hydrogen-bond acceptors (Lipinski definition) is 5. The molecule has 0 unspecified atom stereocenters. The number of rotatable bonds is 6. The zero-order chi connectivity index (χ0) is 23.4. The average molecular weight is 499 g/mol. The summed E-state index contributed by atoms with van der Waals surface area (Å²) in [6.45, 7) is 5.01. The van der Waals surface area contributed by atoms with E-state index in [9.17, 15) is 0 Å². The SMILES string of the molecule is S=C(NCC1(c2cccc(Cl)c2)CCCCC1)Nc1nc(N2CCCC2)cc(N2CCCC2)n1. The molecule has 1 aromatic carbocycles. The Kier molecular flexibility index (Phi) is 7.40. The molecule has 6 nitrogen and oxygen atoms in total. The summed E-state index contributed by atoms with van der Waals surface area (Å²) in [7, 11) is 0. The summed E-state index contributed by atoms with van der Waals surface area (Å²) < 4.78 is 0. The van der Waals surface area contributed by atoms with Gasteiger partial charge in [0.2, 0.25) is 5.95 Å². The highest BCUT2D eigenvalue weighted by molar-refractivity contribution is 7.80. The second-order valence-electron chi connectivity index (χ2n) is 9.96. The topological polar surface area (TPSA) is 56.3 Å². The molecule has 3 aliphatic rings. The molecule has 2 N–H and O–H groups in total. The molecule has 0 spiro atoms. The number of halogens is 1. The number of nitrogens with one attached hydrogen (secondary N) is 2. The third-order valence-electron chi connectivity index (χ3n) is 7.62. The zero-order valence-corrected chi connectivity index (χ0v) is 21.4. The van der Waals surface area contributed by atoms with Gasteiger partial charge in [-0.05, 0) is 68.4 Å². The third kappa shape index (κ3) is 5.41. The van der Waals surface area contributed by atoms with Gasteiger partial charge in [-0.3, -0.25) is 0 Å². The van der Waals surface area contributed by atoms with Gasteiger partial charge in [0, 0.05) is 49.2 Å². The van der Waals surface area contributed by atoms with Crippen molar-refractivity contribution in [2.75, 3.05) is 47.8 Å². The van der Waals surface area contributed by atoms with Crippen molar-refractivity contribution in [3.05, 3.63) is 40.9 Å². The van der Waals surface area contributed by atoms with E-state index >= 15 is 0 Å². The normalized spacial score (nSPS) is 19.9. The minimum absolute atomic E-state index is 0.0495. The van der Waals surface area contributed by atoms with Crippen LogP contribution in [0.15, 0.2) is 30.3 Å². The molecule has 1 aromatic heterocycles. The Morgan fingerprint density at radius 3 is 2.09 bits per heavy atom. The maximum atomic E-state index is 6.35. The van der Waals surface area contributed by atoms with Crippen LogP contribution < -0.4 is 20.4 Å². The van der Waals surface area contributed by atoms with Crippen molar-refractivity contribution >= 4 is 46.5 Å². The van der Waals surface area contributed by atoms with Gasteiger partial charge in [-0.2, -0.15) is 9.97 Å². The predicted molar refractivity (Wildman–Crippen MR) is 145 cm³/mol. The molecule has 1 aliphatic carbocycles. The maximum Gasteiger partial charge on any atom is 0.232 e. The van der Waals surface area contributed by atoms with Gasteiger partial charge in [-0.25, -0.2) is 0 Å². The van der Waals surface area contributed by atoms with E-state index in [-0.39, 0.29) is 5.41 Å². The fraction of sp³-hybridized carbons (Fsp3) is 0.577. The molecule has 0 atom stereocenters. The molecule has 0 amide bonds. The van der Waals surface area contributed by atoms with Gasteiger partial charge in [-0.15, -0.1) is 0 Å². The number of benzene rings is 1. The first-order valence-electron chi connectivity index (χ1n) is 12.8. The lowest BCUT2D eigenvalue weighted by Gasteiger charge is -2.38. The summed E-state index contributed by atoms with van der Waals surface area (Å²) in [6, 6.07) is 10.5. The van der Waals surface area contributed by atoms with E-state index in [0.29, 0.717) is 11.1 Å². The number of thiocarbonyl (C=S) groups is 1. The molecule has 5 rings (SSSR count). The fourth-order valence-electron chi connectivity index (χ4n) is 5.70. The summed E-state index contributed by atoms with van der Waals surface area (Å²) in [4.78, 5) is 14.4. The van der Waals surface area contributed by atoms with Crippen LogP contribution in [0.4, 0.5) is 17.6 Å². The van der Waals surface area contributed by atoms with Crippen molar-refractivity contribution in [3.8, 4) is 0 Å². The summed E-state index contributed by atoms with van der Waals surface area (Å²) >= 11 is 12.1. The predicted octanol–water partition coefficient (Wildman–Crippen LogP) is 5.52. The van der Waals surface area contributed by atoms with Crippen molar-refractivity contribution in [1.29, 1.82) is 0 Å². The minimum atomic E-state index is 0.0495. The first kappa shape index (κ1) is 23.6. The third-order valence-corrected chi connectivity index (χ3v) is 8.10. The van der Waals surface area contributed by atoms with Crippen LogP contribution in [0.2, 0.25) is 5.02 Å². The molecule has 0 radical (unpaired) electrons. The molecule has 3 heterocycles. The lowest BCUT2D eigenvalue weighted by molar-refractivity contribution is 0.292. The molecule has 182 valence electrons. The first-order valence-corrected chi connectivity index (χ1v) is 13.6. The Morgan fingerprint density at radius 2 is 1.50 bits per heavy atom. The molecule has 2 aromatic rings. The summed E-state index contributed by atoms with van der Waals surface area (Å²) in [5, 5.41) is 8.19. The highest BCUT2D eigenvalue weighted by Gasteiger charge is 2.34. The van der Waals surface area contributed by atoms with Crippen molar-refractivity contribution in [2.24, 2.45) is 0 Å². The van der Waals surface area contributed by atoms with Gasteiger partial charge in [0.25, 0.3) is 0 Å². The largest absolute Gasteiger partial charge is 0.361 e. The first-order chi connectivity index (χ1) is 16.6. The average Bonchev–Trinajstić information content (AvgIpc) is 3.58. The summed E-state index contributed by atoms with van der Waals surface area (Å²) in [6.07, 6.45) is 10.9. The van der Waals surface area contributed by atoms with Gasteiger partial charge in [0.05, 0.1) is 0 Å². The Hall–Kier alpha value is -2.12. The van der Waals surface area contributed by atoms with E-state index in [4.69, 9.17) is 33.8 Å². The van der Waals surface area contributed by atoms with E-state index in [1.807, 2.05) is 6.07 Å². The minimum Gasteiger partial charge on any atom is -0.361 e. The summed E-state index contributed by atoms with van der Waals surface area (Å²) in [5.74, 6) is 2.59. The molecule has 1 saturated carbocycles. The van der Waals surface area contributed by atoms with Crippen LogP contribution in [0, 0.1) is 0 Å². The van der Waals surface area contributed by atoms with E-state index in [1.165, 1.54) is 50.5 Å². The number of hydrogen-bond donors (Lipinski definition) is 2. The highest BCUT2D eigenvalue weighted by Crippen LogP contribution is 2.39. The van der Waals surface area contributed by atoms with E-state index in [2.05, 4.69) is 44.7 Å². The van der Waals surface area contributed by atoms with Crippen molar-refractivity contribution in [2.45, 2.75) is 63.2 Å². The number of anilines is 3. The van der Waals surface area contributed by atoms with Crippen molar-refractivity contribution < 1.29 is 0 Å². The maximum absolute atomic E-state index is 6.35. The van der Waals surface area contributed by atoms with Crippen LogP contribution in [0.25, 0.3) is 0 Å². The Balaban J connectivity index is 1.31. The molecular weight excluding hydrogens is 464 g/mol. The molecule has 2 saturated heterocycles. The van der Waals surface area contributed by atoms with Crippen molar-refractivity contribution in [1.82, 2.24) is 15.3 Å². The Labute approximate surface area is 213 Å². The summed E-state index contributed by atoms with van der Waals surface area (Å²) in [5.41, 5.74) is 1.35. The van der Waals surface area contributed by atoms with Gasteiger partial charge in [0.15, 0.2) is 5.11 Å². The standard InChI is InChI=1S/C26H35ClN6S/c27-21-10-8-9-20(17-21)26(11-2-1-3-12-26)19-28-25(34)31-24-29-22(32-13-4-5-14-32)18-23(30-24)33-15-6-7-16-33/h8-10,17-18H,1-7,11-16,19H2,(H2,28,29,30,31,34). The van der Waals surface area contributed by atoms with Crippen molar-refractivity contribution in [3.63, 3.8) is 0 Å². The van der Waals surface area contributed by atoms with Crippen LogP contribution in [0.3, 0.4) is 0 Å². The second-order valence-corrected chi connectivity index (χ2v) is 10.8. The van der Waals surface area contributed by atoms with Crippen LogP contribution in [0.5, 0.6) is 0 Å². The van der Waals surface area contributed by atoms with Gasteiger partial charge < -0.3 is 20.4 Å².